The van der Waals surface area contributed by atoms with E-state index in [1.807, 2.05) is 12.1 Å². The molecule has 0 spiro atoms. The highest BCUT2D eigenvalue weighted by Gasteiger charge is 2.15. The van der Waals surface area contributed by atoms with Gasteiger partial charge in [-0.25, -0.2) is 5.43 Å². The Bertz CT molecular complexity index is 916. The lowest BCUT2D eigenvalue weighted by atomic mass is 10.2. The number of nitro groups is 1. The molecule has 0 aliphatic heterocycles. The monoisotopic (exact) mass is 500 g/mol. The maximum Gasteiger partial charge on any atom is 0.287 e. The van der Waals surface area contributed by atoms with Crippen LogP contribution in [0.4, 0.5) is 11.4 Å². The molecular formula is C17H14ClIN4O4. The summed E-state index contributed by atoms with van der Waals surface area (Å²) in [5, 5.41) is 17.2. The van der Waals surface area contributed by atoms with Crippen LogP contribution in [-0.4, -0.2) is 22.4 Å². The van der Waals surface area contributed by atoms with Gasteiger partial charge in [0.1, 0.15) is 5.02 Å². The number of hydrogen-bond acceptors (Lipinski definition) is 5. The van der Waals surface area contributed by atoms with Gasteiger partial charge in [-0.05, 0) is 65.9 Å². The molecule has 0 saturated heterocycles. The highest BCUT2D eigenvalue weighted by Crippen LogP contribution is 2.24. The van der Waals surface area contributed by atoms with E-state index in [0.29, 0.717) is 11.4 Å². The zero-order valence-corrected chi connectivity index (χ0v) is 16.9. The molecule has 0 aliphatic rings. The molecule has 27 heavy (non-hydrogen) atoms. The fourth-order valence-corrected chi connectivity index (χ4v) is 2.63. The van der Waals surface area contributed by atoms with Crippen molar-refractivity contribution < 1.29 is 14.5 Å². The molecule has 0 atom stereocenters. The van der Waals surface area contributed by atoms with E-state index in [1.54, 1.807) is 19.1 Å². The Labute approximate surface area is 173 Å². The number of anilines is 1. The number of nitrogens with one attached hydrogen (secondary N) is 2. The van der Waals surface area contributed by atoms with E-state index in [4.69, 9.17) is 11.6 Å². The lowest BCUT2D eigenvalue weighted by Crippen LogP contribution is -2.21. The SMILES string of the molecule is C/C(CC(=O)Nc1ccc(I)cc1)=N/NC(=O)c1ccc([N+](=O)[O-])c(Cl)c1. The van der Waals surface area contributed by atoms with Crippen molar-refractivity contribution in [3.63, 3.8) is 0 Å². The molecule has 2 aromatic rings. The number of nitrogens with zero attached hydrogens (tertiary/aromatic N) is 2. The van der Waals surface area contributed by atoms with Crippen molar-refractivity contribution in [3.8, 4) is 0 Å². The summed E-state index contributed by atoms with van der Waals surface area (Å²) in [5.41, 5.74) is 3.17. The van der Waals surface area contributed by atoms with Crippen LogP contribution in [0, 0.1) is 13.7 Å². The molecule has 2 aromatic carbocycles. The molecule has 0 radical (unpaired) electrons. The maximum atomic E-state index is 12.0. The van der Waals surface area contributed by atoms with Gasteiger partial charge in [0, 0.05) is 26.6 Å². The van der Waals surface area contributed by atoms with Crippen molar-refractivity contribution >= 4 is 63.1 Å². The Morgan fingerprint density at radius 3 is 2.48 bits per heavy atom. The maximum absolute atomic E-state index is 12.0. The lowest BCUT2D eigenvalue weighted by molar-refractivity contribution is -0.384. The molecule has 0 heterocycles. The van der Waals surface area contributed by atoms with Crippen molar-refractivity contribution in [2.24, 2.45) is 5.10 Å². The van der Waals surface area contributed by atoms with Crippen LogP contribution in [0.25, 0.3) is 0 Å². The standard InChI is InChI=1S/C17H14ClIN4O4/c1-10(8-16(24)20-13-5-3-12(19)4-6-13)21-22-17(25)11-2-7-15(23(26)27)14(18)9-11/h2-7,9H,8H2,1H3,(H,20,24)(H,22,25)/b21-10-. The van der Waals surface area contributed by atoms with E-state index >= 15 is 0 Å². The van der Waals surface area contributed by atoms with E-state index in [0.717, 1.165) is 9.64 Å². The van der Waals surface area contributed by atoms with Crippen LogP contribution in [0.15, 0.2) is 47.6 Å². The molecule has 140 valence electrons. The normalized spacial score (nSPS) is 11.0. The van der Waals surface area contributed by atoms with Gasteiger partial charge in [-0.15, -0.1) is 0 Å². The molecule has 0 unspecified atom stereocenters. The third-order valence-electron chi connectivity index (χ3n) is 3.30. The predicted octanol–water partition coefficient (Wildman–Crippen LogP) is 3.99. The molecule has 2 N–H and O–H groups in total. The summed E-state index contributed by atoms with van der Waals surface area (Å²) in [6, 6.07) is 10.9. The molecule has 2 amide bonds. The Morgan fingerprint density at radius 1 is 1.22 bits per heavy atom. The molecule has 0 aromatic heterocycles. The van der Waals surface area contributed by atoms with Crippen molar-refractivity contribution in [2.45, 2.75) is 13.3 Å². The quantitative estimate of drug-likeness (QED) is 0.270. The second kappa shape index (κ2) is 9.42. The van der Waals surface area contributed by atoms with E-state index < -0.39 is 10.8 Å². The van der Waals surface area contributed by atoms with Gasteiger partial charge in [0.15, 0.2) is 0 Å². The third-order valence-corrected chi connectivity index (χ3v) is 4.32. The van der Waals surface area contributed by atoms with Gasteiger partial charge in [-0.3, -0.25) is 19.7 Å². The number of carbonyl (C=O) groups excluding carboxylic acids is 2. The van der Waals surface area contributed by atoms with E-state index in [-0.39, 0.29) is 28.6 Å². The lowest BCUT2D eigenvalue weighted by Gasteiger charge is -2.06. The molecule has 0 saturated carbocycles. The fraction of sp³-hybridized carbons (Fsp3) is 0.118. The summed E-state index contributed by atoms with van der Waals surface area (Å²) in [6.45, 7) is 1.59. The average molecular weight is 501 g/mol. The van der Waals surface area contributed by atoms with Gasteiger partial charge < -0.3 is 5.32 Å². The number of carbonyl (C=O) groups is 2. The van der Waals surface area contributed by atoms with Gasteiger partial charge in [-0.1, -0.05) is 11.6 Å². The zero-order valence-electron chi connectivity index (χ0n) is 14.0. The number of rotatable bonds is 6. The Kier molecular flexibility index (Phi) is 7.25. The van der Waals surface area contributed by atoms with Gasteiger partial charge in [-0.2, -0.15) is 5.10 Å². The first-order valence-electron chi connectivity index (χ1n) is 7.59. The number of hydrazone groups is 1. The second-order valence-corrected chi connectivity index (χ2v) is 7.10. The van der Waals surface area contributed by atoms with Crippen molar-refractivity contribution in [2.75, 3.05) is 5.32 Å². The van der Waals surface area contributed by atoms with E-state index in [1.165, 1.54) is 12.1 Å². The van der Waals surface area contributed by atoms with Crippen molar-refractivity contribution in [3.05, 3.63) is 66.7 Å². The van der Waals surface area contributed by atoms with Gasteiger partial charge >= 0.3 is 0 Å². The van der Waals surface area contributed by atoms with Crippen LogP contribution >= 0.6 is 34.2 Å². The Balaban J connectivity index is 1.93. The molecule has 0 bridgehead atoms. The van der Waals surface area contributed by atoms with Crippen LogP contribution in [0.2, 0.25) is 5.02 Å². The molecule has 2 rings (SSSR count). The number of nitro benzene ring substituents is 1. The topological polar surface area (TPSA) is 114 Å². The van der Waals surface area contributed by atoms with Crippen LogP contribution in [0.5, 0.6) is 0 Å². The number of amides is 2. The molecule has 0 fully saturated rings. The number of hydrogen-bond donors (Lipinski definition) is 2. The highest BCUT2D eigenvalue weighted by atomic mass is 127. The van der Waals surface area contributed by atoms with Gasteiger partial charge in [0.2, 0.25) is 5.91 Å². The second-order valence-electron chi connectivity index (χ2n) is 5.44. The Hall–Kier alpha value is -2.53. The molecule has 10 heteroatoms. The van der Waals surface area contributed by atoms with E-state index in [9.17, 15) is 19.7 Å². The number of benzene rings is 2. The molecule has 0 aliphatic carbocycles. The van der Waals surface area contributed by atoms with Crippen LogP contribution in [0.1, 0.15) is 23.7 Å². The summed E-state index contributed by atoms with van der Waals surface area (Å²) < 4.78 is 1.05. The van der Waals surface area contributed by atoms with Crippen molar-refractivity contribution in [1.29, 1.82) is 0 Å². The molecular weight excluding hydrogens is 487 g/mol. The Morgan fingerprint density at radius 2 is 1.89 bits per heavy atom. The summed E-state index contributed by atoms with van der Waals surface area (Å²) in [6.07, 6.45) is -0.00666. The third kappa shape index (κ3) is 6.29. The van der Waals surface area contributed by atoms with Crippen molar-refractivity contribution in [1.82, 2.24) is 5.43 Å². The van der Waals surface area contributed by atoms with Gasteiger partial charge in [0.05, 0.1) is 11.3 Å². The predicted molar refractivity (Wildman–Crippen MR) is 111 cm³/mol. The first-order chi connectivity index (χ1) is 12.8. The average Bonchev–Trinajstić information content (AvgIpc) is 2.61. The first kappa shape index (κ1) is 20.8. The minimum absolute atomic E-state index is 0.00666. The van der Waals surface area contributed by atoms with Crippen LogP contribution in [-0.2, 0) is 4.79 Å². The fourth-order valence-electron chi connectivity index (χ4n) is 2.02. The van der Waals surface area contributed by atoms with Gasteiger partial charge in [0.25, 0.3) is 11.6 Å². The smallest absolute Gasteiger partial charge is 0.287 e. The minimum atomic E-state index is -0.640. The first-order valence-corrected chi connectivity index (χ1v) is 9.05. The van der Waals surface area contributed by atoms with Crippen LogP contribution in [0.3, 0.4) is 0 Å². The largest absolute Gasteiger partial charge is 0.326 e. The van der Waals surface area contributed by atoms with E-state index in [2.05, 4.69) is 38.4 Å². The summed E-state index contributed by atoms with van der Waals surface area (Å²) >= 11 is 7.94. The number of halogens is 2. The minimum Gasteiger partial charge on any atom is -0.326 e. The zero-order chi connectivity index (χ0) is 20.0. The summed E-state index contributed by atoms with van der Waals surface area (Å²) in [7, 11) is 0. The highest BCUT2D eigenvalue weighted by molar-refractivity contribution is 14.1. The summed E-state index contributed by atoms with van der Waals surface area (Å²) in [4.78, 5) is 34.1. The summed E-state index contributed by atoms with van der Waals surface area (Å²) in [5.74, 6) is -0.866. The molecule has 8 nitrogen and oxygen atoms in total. The van der Waals surface area contributed by atoms with Crippen LogP contribution < -0.4 is 10.7 Å².